The van der Waals surface area contributed by atoms with Gasteiger partial charge in [-0.2, -0.15) is 0 Å². The number of aromatic nitrogens is 2. The lowest BCUT2D eigenvalue weighted by Gasteiger charge is -2.25. The third-order valence-corrected chi connectivity index (χ3v) is 4.87. The van der Waals surface area contributed by atoms with E-state index in [0.29, 0.717) is 5.92 Å². The Kier molecular flexibility index (Phi) is 3.40. The number of imidazole rings is 1. The summed E-state index contributed by atoms with van der Waals surface area (Å²) >= 11 is 3.55. The number of benzene rings is 1. The summed E-state index contributed by atoms with van der Waals surface area (Å²) in [6, 6.07) is 6.29. The highest BCUT2D eigenvalue weighted by Gasteiger charge is 2.34. The molecule has 0 aliphatic heterocycles. The van der Waals surface area contributed by atoms with Crippen LogP contribution in [0, 0.1) is 6.92 Å². The van der Waals surface area contributed by atoms with Crippen molar-refractivity contribution in [3.8, 4) is 11.3 Å². The van der Waals surface area contributed by atoms with Gasteiger partial charge in [-0.3, -0.25) is 0 Å². The van der Waals surface area contributed by atoms with Gasteiger partial charge < -0.3 is 10.3 Å². The summed E-state index contributed by atoms with van der Waals surface area (Å²) in [5.74, 6) is 2.51. The van der Waals surface area contributed by atoms with Crippen LogP contribution >= 0.6 is 15.9 Å². The van der Waals surface area contributed by atoms with Gasteiger partial charge in [-0.25, -0.2) is 4.98 Å². The number of anilines is 1. The Labute approximate surface area is 134 Å². The molecule has 1 heterocycles. The molecule has 1 aliphatic carbocycles. The van der Waals surface area contributed by atoms with E-state index in [1.54, 1.807) is 0 Å². The minimum atomic E-state index is -0.0440. The molecule has 0 atom stereocenters. The molecule has 0 unspecified atom stereocenters. The highest BCUT2D eigenvalue weighted by Crippen LogP contribution is 2.44. The minimum Gasteiger partial charge on any atom is -0.383 e. The average Bonchev–Trinajstić information content (AvgIpc) is 3.15. The van der Waals surface area contributed by atoms with Crippen molar-refractivity contribution in [3.63, 3.8) is 0 Å². The van der Waals surface area contributed by atoms with E-state index in [4.69, 9.17) is 10.7 Å². The fourth-order valence-electron chi connectivity index (χ4n) is 2.78. The van der Waals surface area contributed by atoms with Crippen molar-refractivity contribution >= 4 is 21.7 Å². The molecule has 21 heavy (non-hydrogen) atoms. The number of rotatable bonds is 2. The van der Waals surface area contributed by atoms with Gasteiger partial charge in [0.05, 0.1) is 0 Å². The van der Waals surface area contributed by atoms with Crippen molar-refractivity contribution in [2.75, 3.05) is 5.73 Å². The first-order chi connectivity index (χ1) is 9.79. The molecule has 4 heteroatoms. The molecule has 0 spiro atoms. The second kappa shape index (κ2) is 4.87. The zero-order chi connectivity index (χ0) is 15.4. The van der Waals surface area contributed by atoms with Crippen LogP contribution in [0.1, 0.15) is 50.9 Å². The second-order valence-electron chi connectivity index (χ2n) is 6.95. The van der Waals surface area contributed by atoms with Crippen LogP contribution in [-0.2, 0) is 5.54 Å². The molecule has 3 nitrogen and oxygen atoms in total. The van der Waals surface area contributed by atoms with Crippen LogP contribution in [-0.4, -0.2) is 9.55 Å². The summed E-state index contributed by atoms with van der Waals surface area (Å²) in [6.07, 6.45) is 2.46. The first-order valence-corrected chi connectivity index (χ1v) is 8.23. The maximum absolute atomic E-state index is 6.46. The van der Waals surface area contributed by atoms with Crippen LogP contribution in [0.5, 0.6) is 0 Å². The molecule has 0 saturated heterocycles. The molecule has 0 bridgehead atoms. The van der Waals surface area contributed by atoms with Crippen LogP contribution < -0.4 is 5.73 Å². The van der Waals surface area contributed by atoms with E-state index in [0.717, 1.165) is 27.4 Å². The maximum atomic E-state index is 6.46. The Hall–Kier alpha value is -1.29. The molecule has 2 N–H and O–H groups in total. The largest absolute Gasteiger partial charge is 0.383 e. The minimum absolute atomic E-state index is 0.0440. The molecule has 0 radical (unpaired) electrons. The van der Waals surface area contributed by atoms with Gasteiger partial charge in [0.1, 0.15) is 17.3 Å². The van der Waals surface area contributed by atoms with Crippen LogP contribution in [0.3, 0.4) is 0 Å². The van der Waals surface area contributed by atoms with E-state index >= 15 is 0 Å². The molecule has 3 rings (SSSR count). The number of hydrogen-bond donors (Lipinski definition) is 1. The quantitative estimate of drug-likeness (QED) is 0.844. The van der Waals surface area contributed by atoms with Crippen LogP contribution in [0.4, 0.5) is 5.82 Å². The Morgan fingerprint density at radius 2 is 1.95 bits per heavy atom. The zero-order valence-corrected chi connectivity index (χ0v) is 14.7. The van der Waals surface area contributed by atoms with E-state index in [1.165, 1.54) is 18.4 Å². The van der Waals surface area contributed by atoms with Crippen molar-refractivity contribution in [1.82, 2.24) is 9.55 Å². The molecule has 112 valence electrons. The molecule has 1 fully saturated rings. The van der Waals surface area contributed by atoms with E-state index in [2.05, 4.69) is 66.4 Å². The summed E-state index contributed by atoms with van der Waals surface area (Å²) in [6.45, 7) is 8.65. The van der Waals surface area contributed by atoms with Crippen molar-refractivity contribution in [2.24, 2.45) is 0 Å². The first-order valence-electron chi connectivity index (χ1n) is 7.44. The molecule has 2 aromatic rings. The molecule has 0 amide bonds. The van der Waals surface area contributed by atoms with E-state index in [1.807, 2.05) is 0 Å². The lowest BCUT2D eigenvalue weighted by atomic mass is 10.1. The van der Waals surface area contributed by atoms with Crippen molar-refractivity contribution < 1.29 is 0 Å². The van der Waals surface area contributed by atoms with E-state index < -0.39 is 0 Å². The number of nitrogen functional groups attached to an aromatic ring is 1. The number of halogens is 1. The summed E-state index contributed by atoms with van der Waals surface area (Å²) < 4.78 is 3.33. The molecule has 1 aromatic carbocycles. The lowest BCUT2D eigenvalue weighted by Crippen LogP contribution is -2.25. The Bertz CT molecular complexity index is 691. The van der Waals surface area contributed by atoms with Gasteiger partial charge in [0.2, 0.25) is 0 Å². The first kappa shape index (κ1) is 14.6. The van der Waals surface area contributed by atoms with Gasteiger partial charge in [-0.1, -0.05) is 22.0 Å². The van der Waals surface area contributed by atoms with Gasteiger partial charge >= 0.3 is 0 Å². The molecular formula is C17H22BrN3. The van der Waals surface area contributed by atoms with E-state index in [9.17, 15) is 0 Å². The smallest absolute Gasteiger partial charge is 0.132 e. The molecule has 1 aliphatic rings. The number of nitrogens with zero attached hydrogens (tertiary/aromatic N) is 2. The SMILES string of the molecule is Cc1cc(-c2nc(C3CC3)n(C(C)(C)C)c2N)ccc1Br. The van der Waals surface area contributed by atoms with Crippen LogP contribution in [0.25, 0.3) is 11.3 Å². The number of nitrogens with two attached hydrogens (primary N) is 1. The summed E-state index contributed by atoms with van der Waals surface area (Å²) in [5, 5.41) is 0. The highest BCUT2D eigenvalue weighted by atomic mass is 79.9. The second-order valence-corrected chi connectivity index (χ2v) is 7.80. The Balaban J connectivity index is 2.17. The summed E-state index contributed by atoms with van der Waals surface area (Å²) in [5.41, 5.74) is 9.63. The maximum Gasteiger partial charge on any atom is 0.132 e. The number of hydrogen-bond acceptors (Lipinski definition) is 2. The summed E-state index contributed by atoms with van der Waals surface area (Å²) in [4.78, 5) is 4.90. The van der Waals surface area contributed by atoms with Crippen molar-refractivity contribution in [2.45, 2.75) is 52.0 Å². The summed E-state index contributed by atoms with van der Waals surface area (Å²) in [7, 11) is 0. The van der Waals surface area contributed by atoms with Gasteiger partial charge in [0, 0.05) is 21.5 Å². The topological polar surface area (TPSA) is 43.8 Å². The third-order valence-electron chi connectivity index (χ3n) is 3.98. The van der Waals surface area contributed by atoms with E-state index in [-0.39, 0.29) is 5.54 Å². The third kappa shape index (κ3) is 2.61. The van der Waals surface area contributed by atoms with Crippen LogP contribution in [0.15, 0.2) is 22.7 Å². The molecular weight excluding hydrogens is 326 g/mol. The predicted octanol–water partition coefficient (Wildman–Crippen LogP) is 4.84. The Morgan fingerprint density at radius 1 is 1.29 bits per heavy atom. The highest BCUT2D eigenvalue weighted by molar-refractivity contribution is 9.10. The van der Waals surface area contributed by atoms with Crippen molar-refractivity contribution in [3.05, 3.63) is 34.1 Å². The predicted molar refractivity (Wildman–Crippen MR) is 91.5 cm³/mol. The fourth-order valence-corrected chi connectivity index (χ4v) is 3.02. The van der Waals surface area contributed by atoms with Gasteiger partial charge in [0.25, 0.3) is 0 Å². The lowest BCUT2D eigenvalue weighted by molar-refractivity contribution is 0.388. The zero-order valence-electron chi connectivity index (χ0n) is 13.1. The van der Waals surface area contributed by atoms with Crippen LogP contribution in [0.2, 0.25) is 0 Å². The standard InChI is InChI=1S/C17H22BrN3/c1-10-9-12(7-8-13(10)18)14-15(19)21(17(2,3)4)16(20-14)11-5-6-11/h7-9,11H,5-6,19H2,1-4H3. The normalized spacial score (nSPS) is 15.5. The fraction of sp³-hybridized carbons (Fsp3) is 0.471. The molecule has 1 aromatic heterocycles. The van der Waals surface area contributed by atoms with Gasteiger partial charge in [0.15, 0.2) is 0 Å². The Morgan fingerprint density at radius 3 is 2.48 bits per heavy atom. The van der Waals surface area contributed by atoms with Gasteiger partial charge in [-0.15, -0.1) is 0 Å². The monoisotopic (exact) mass is 347 g/mol. The van der Waals surface area contributed by atoms with Gasteiger partial charge in [-0.05, 0) is 58.2 Å². The van der Waals surface area contributed by atoms with Crippen molar-refractivity contribution in [1.29, 1.82) is 0 Å². The number of aryl methyl sites for hydroxylation is 1. The average molecular weight is 348 g/mol. The molecule has 1 saturated carbocycles.